The molecule has 0 aromatic carbocycles. The first kappa shape index (κ1) is 6.15. The number of hydrogen-bond acceptors (Lipinski definition) is 5. The van der Waals surface area contributed by atoms with E-state index in [9.17, 15) is 4.91 Å². The van der Waals surface area contributed by atoms with E-state index in [0.717, 1.165) is 0 Å². The van der Waals surface area contributed by atoms with Gasteiger partial charge in [0.2, 0.25) is 0 Å². The highest BCUT2D eigenvalue weighted by molar-refractivity contribution is 7.19. The van der Waals surface area contributed by atoms with Crippen LogP contribution >= 0.6 is 11.3 Å². The molecule has 5 heteroatoms. The summed E-state index contributed by atoms with van der Waals surface area (Å²) in [7, 11) is 1.74. The summed E-state index contributed by atoms with van der Waals surface area (Å²) in [6, 6.07) is 0. The van der Waals surface area contributed by atoms with Crippen LogP contribution in [0.25, 0.3) is 0 Å². The van der Waals surface area contributed by atoms with Gasteiger partial charge in [-0.2, -0.15) is 0 Å². The monoisotopic (exact) mass is 143 g/mol. The highest BCUT2D eigenvalue weighted by Gasteiger charge is 1.96. The van der Waals surface area contributed by atoms with Crippen LogP contribution in [0.15, 0.2) is 11.4 Å². The molecule has 0 saturated carbocycles. The minimum atomic E-state index is 0.402. The number of nitrogens with one attached hydrogen (secondary N) is 1. The maximum absolute atomic E-state index is 9.83. The summed E-state index contributed by atoms with van der Waals surface area (Å²) < 4.78 is 0. The maximum atomic E-state index is 9.83. The third kappa shape index (κ3) is 1.23. The van der Waals surface area contributed by atoms with E-state index in [0.29, 0.717) is 10.1 Å². The fraction of sp³-hybridized carbons (Fsp3) is 0.250. The Labute approximate surface area is 55.9 Å². The Morgan fingerprint density at radius 2 is 2.67 bits per heavy atom. The minimum Gasteiger partial charge on any atom is -0.365 e. The Bertz CT molecular complexity index is 209. The molecular weight excluding hydrogens is 138 g/mol. The first-order valence-corrected chi connectivity index (χ1v) is 3.15. The molecule has 0 bridgehead atoms. The second-order valence-corrected chi connectivity index (χ2v) is 2.35. The SMILES string of the molecule is CNc1ncc(N=O)s1. The summed E-state index contributed by atoms with van der Waals surface area (Å²) >= 11 is 1.23. The van der Waals surface area contributed by atoms with E-state index < -0.39 is 0 Å². The quantitative estimate of drug-likeness (QED) is 0.639. The van der Waals surface area contributed by atoms with Crippen molar-refractivity contribution in [2.45, 2.75) is 0 Å². The van der Waals surface area contributed by atoms with Gasteiger partial charge in [0.1, 0.15) is 0 Å². The van der Waals surface area contributed by atoms with E-state index in [1.165, 1.54) is 17.5 Å². The van der Waals surface area contributed by atoms with Crippen molar-refractivity contribution in [3.05, 3.63) is 11.1 Å². The highest BCUT2D eigenvalue weighted by Crippen LogP contribution is 2.24. The van der Waals surface area contributed by atoms with Gasteiger partial charge in [-0.3, -0.25) is 0 Å². The molecule has 0 spiro atoms. The summed E-state index contributed by atoms with van der Waals surface area (Å²) in [6.45, 7) is 0. The first-order valence-electron chi connectivity index (χ1n) is 2.33. The zero-order valence-corrected chi connectivity index (χ0v) is 5.60. The molecule has 9 heavy (non-hydrogen) atoms. The number of thiazole rings is 1. The smallest absolute Gasteiger partial charge is 0.184 e. The van der Waals surface area contributed by atoms with Gasteiger partial charge in [-0.1, -0.05) is 11.3 Å². The number of hydrogen-bond donors (Lipinski definition) is 1. The Kier molecular flexibility index (Phi) is 1.74. The zero-order valence-electron chi connectivity index (χ0n) is 4.79. The second-order valence-electron chi connectivity index (χ2n) is 1.34. The van der Waals surface area contributed by atoms with Gasteiger partial charge in [0.15, 0.2) is 10.1 Å². The number of nitroso groups, excluding NO2 is 1. The van der Waals surface area contributed by atoms with Crippen molar-refractivity contribution >= 4 is 21.5 Å². The van der Waals surface area contributed by atoms with Gasteiger partial charge in [-0.15, -0.1) is 4.91 Å². The Morgan fingerprint density at radius 1 is 1.89 bits per heavy atom. The normalized spacial score (nSPS) is 9.00. The second kappa shape index (κ2) is 2.54. The minimum absolute atomic E-state index is 0.402. The molecule has 0 aliphatic heterocycles. The lowest BCUT2D eigenvalue weighted by Crippen LogP contribution is -1.83. The van der Waals surface area contributed by atoms with E-state index >= 15 is 0 Å². The third-order valence-corrected chi connectivity index (χ3v) is 1.69. The molecule has 4 nitrogen and oxygen atoms in total. The van der Waals surface area contributed by atoms with Crippen LogP contribution in [0.2, 0.25) is 0 Å². The van der Waals surface area contributed by atoms with Gasteiger partial charge in [0, 0.05) is 7.05 Å². The van der Waals surface area contributed by atoms with Gasteiger partial charge < -0.3 is 5.32 Å². The van der Waals surface area contributed by atoms with Crippen LogP contribution < -0.4 is 5.32 Å². The topological polar surface area (TPSA) is 54.4 Å². The highest BCUT2D eigenvalue weighted by atomic mass is 32.1. The van der Waals surface area contributed by atoms with Crippen LogP contribution in [0, 0.1) is 4.91 Å². The fourth-order valence-electron chi connectivity index (χ4n) is 0.423. The van der Waals surface area contributed by atoms with Crippen LogP contribution in [-0.2, 0) is 0 Å². The van der Waals surface area contributed by atoms with E-state index in [1.54, 1.807) is 7.05 Å². The molecule has 1 N–H and O–H groups in total. The van der Waals surface area contributed by atoms with Crippen LogP contribution in [0.4, 0.5) is 10.1 Å². The van der Waals surface area contributed by atoms with E-state index in [2.05, 4.69) is 15.5 Å². The lowest BCUT2D eigenvalue weighted by Gasteiger charge is -1.84. The summed E-state index contributed by atoms with van der Waals surface area (Å²) in [6.07, 6.45) is 1.43. The predicted octanol–water partition coefficient (Wildman–Crippen LogP) is 1.58. The Morgan fingerprint density at radius 3 is 3.00 bits per heavy atom. The summed E-state index contributed by atoms with van der Waals surface area (Å²) in [4.78, 5) is 13.6. The van der Waals surface area contributed by atoms with Crippen molar-refractivity contribution in [2.24, 2.45) is 5.18 Å². The van der Waals surface area contributed by atoms with Gasteiger partial charge in [-0.25, -0.2) is 4.98 Å². The van der Waals surface area contributed by atoms with Gasteiger partial charge >= 0.3 is 0 Å². The average Bonchev–Trinajstić information content (AvgIpc) is 2.34. The number of rotatable bonds is 2. The standard InChI is InChI=1S/C4H5N3OS/c1-5-4-6-2-3(7-8)9-4/h2H,1H3,(H,5,6). The lowest BCUT2D eigenvalue weighted by molar-refractivity contribution is 1.36. The number of anilines is 1. The van der Waals surface area contributed by atoms with Crippen molar-refractivity contribution in [2.75, 3.05) is 12.4 Å². The Balaban J connectivity index is 2.86. The predicted molar refractivity (Wildman–Crippen MR) is 37.1 cm³/mol. The molecule has 0 aliphatic rings. The largest absolute Gasteiger partial charge is 0.365 e. The molecule has 1 rings (SSSR count). The van der Waals surface area contributed by atoms with Crippen molar-refractivity contribution < 1.29 is 0 Å². The summed E-state index contributed by atoms with van der Waals surface area (Å²) in [5.74, 6) is 0. The molecule has 1 aromatic heterocycles. The number of nitrogens with zero attached hydrogens (tertiary/aromatic N) is 2. The van der Waals surface area contributed by atoms with Crippen LogP contribution in [0.1, 0.15) is 0 Å². The molecule has 48 valence electrons. The van der Waals surface area contributed by atoms with Crippen molar-refractivity contribution in [1.29, 1.82) is 0 Å². The molecular formula is C4H5N3OS. The molecule has 1 heterocycles. The van der Waals surface area contributed by atoms with Crippen molar-refractivity contribution in [1.82, 2.24) is 4.98 Å². The molecule has 0 amide bonds. The van der Waals surface area contributed by atoms with Crippen molar-refractivity contribution in [3.8, 4) is 0 Å². The molecule has 0 saturated heterocycles. The van der Waals surface area contributed by atoms with Crippen LogP contribution in [-0.4, -0.2) is 12.0 Å². The lowest BCUT2D eigenvalue weighted by atomic mass is 10.9. The van der Waals surface area contributed by atoms with Crippen LogP contribution in [0.3, 0.4) is 0 Å². The molecule has 1 aromatic rings. The average molecular weight is 143 g/mol. The molecule has 0 radical (unpaired) electrons. The van der Waals surface area contributed by atoms with Gasteiger partial charge in [-0.05, 0) is 5.18 Å². The summed E-state index contributed by atoms with van der Waals surface area (Å²) in [5.41, 5.74) is 0. The Hall–Kier alpha value is -0.970. The summed E-state index contributed by atoms with van der Waals surface area (Å²) in [5, 5.41) is 6.61. The van der Waals surface area contributed by atoms with Crippen LogP contribution in [0.5, 0.6) is 0 Å². The molecule has 0 atom stereocenters. The molecule has 0 aliphatic carbocycles. The van der Waals surface area contributed by atoms with E-state index in [1.807, 2.05) is 0 Å². The first-order chi connectivity index (χ1) is 4.36. The molecule has 0 unspecified atom stereocenters. The van der Waals surface area contributed by atoms with E-state index in [-0.39, 0.29) is 0 Å². The van der Waals surface area contributed by atoms with Gasteiger partial charge in [0.05, 0.1) is 6.20 Å². The maximum Gasteiger partial charge on any atom is 0.184 e. The molecule has 0 fully saturated rings. The number of aromatic nitrogens is 1. The third-order valence-electron chi connectivity index (χ3n) is 0.797. The fourth-order valence-corrected chi connectivity index (χ4v) is 0.972. The van der Waals surface area contributed by atoms with E-state index in [4.69, 9.17) is 0 Å². The van der Waals surface area contributed by atoms with Gasteiger partial charge in [0.25, 0.3) is 0 Å². The zero-order chi connectivity index (χ0) is 6.69. The van der Waals surface area contributed by atoms with Crippen molar-refractivity contribution in [3.63, 3.8) is 0 Å².